The van der Waals surface area contributed by atoms with E-state index in [0.717, 1.165) is 16.3 Å². The van der Waals surface area contributed by atoms with E-state index in [4.69, 9.17) is 4.98 Å². The standard InChI is InChI=1S/C20H20NS/c1-20(2,3)19-21-17(15-10-6-4-7-11-15)14-18(22-19)16-12-8-5-9-13-16/h4-14H,1-3H3/q+1. The van der Waals surface area contributed by atoms with Crippen LogP contribution < -0.4 is 0 Å². The third-order valence-electron chi connectivity index (χ3n) is 3.47. The molecule has 3 rings (SSSR count). The number of rotatable bonds is 2. The molecule has 3 aromatic rings. The van der Waals surface area contributed by atoms with Gasteiger partial charge in [-0.15, -0.1) is 0 Å². The molecule has 110 valence electrons. The first-order valence-corrected chi connectivity index (χ1v) is 8.32. The van der Waals surface area contributed by atoms with E-state index in [0.29, 0.717) is 0 Å². The fraction of sp³-hybridized carbons (Fsp3) is 0.200. The van der Waals surface area contributed by atoms with Gasteiger partial charge in [0.05, 0.1) is 11.1 Å². The number of hydrogen-bond donors (Lipinski definition) is 0. The zero-order valence-corrected chi connectivity index (χ0v) is 14.0. The van der Waals surface area contributed by atoms with E-state index < -0.39 is 0 Å². The van der Waals surface area contributed by atoms with Gasteiger partial charge < -0.3 is 0 Å². The maximum atomic E-state index is 4.92. The number of nitrogens with zero attached hydrogens (tertiary/aromatic N) is 1. The minimum Gasteiger partial charge on any atom is -0.197 e. The third kappa shape index (κ3) is 3.23. The normalized spacial score (nSPS) is 11.4. The lowest BCUT2D eigenvalue weighted by atomic mass is 9.98. The molecule has 0 aliphatic rings. The number of benzene rings is 2. The maximum absolute atomic E-state index is 4.92. The summed E-state index contributed by atoms with van der Waals surface area (Å²) in [4.78, 5) is 6.18. The van der Waals surface area contributed by atoms with E-state index in [-0.39, 0.29) is 5.41 Å². The van der Waals surface area contributed by atoms with Gasteiger partial charge in [-0.1, -0.05) is 48.5 Å². The summed E-state index contributed by atoms with van der Waals surface area (Å²) in [6, 6.07) is 23.1. The highest BCUT2D eigenvalue weighted by atomic mass is 32.1. The van der Waals surface area contributed by atoms with E-state index in [1.807, 2.05) is 6.07 Å². The predicted octanol–water partition coefficient (Wildman–Crippen LogP) is 6.06. The summed E-state index contributed by atoms with van der Waals surface area (Å²) in [5, 5.41) is 1.16. The van der Waals surface area contributed by atoms with Crippen molar-refractivity contribution in [1.82, 2.24) is 4.98 Å². The van der Waals surface area contributed by atoms with Gasteiger partial charge in [-0.3, -0.25) is 0 Å². The quantitative estimate of drug-likeness (QED) is 0.525. The van der Waals surface area contributed by atoms with E-state index in [9.17, 15) is 0 Å². The van der Waals surface area contributed by atoms with Gasteiger partial charge in [-0.25, -0.2) is 0 Å². The van der Waals surface area contributed by atoms with Crippen molar-refractivity contribution in [2.75, 3.05) is 0 Å². The molecule has 0 N–H and O–H groups in total. The Morgan fingerprint density at radius 1 is 0.773 bits per heavy atom. The lowest BCUT2D eigenvalue weighted by Gasteiger charge is -2.11. The van der Waals surface area contributed by atoms with Crippen LogP contribution >= 0.6 is 11.3 Å². The van der Waals surface area contributed by atoms with Crippen molar-refractivity contribution in [1.29, 1.82) is 0 Å². The molecule has 0 spiro atoms. The highest BCUT2D eigenvalue weighted by Crippen LogP contribution is 2.35. The molecule has 0 unspecified atom stereocenters. The van der Waals surface area contributed by atoms with Gasteiger partial charge in [0.25, 0.3) is 0 Å². The van der Waals surface area contributed by atoms with Crippen LogP contribution in [-0.4, -0.2) is 4.98 Å². The Hall–Kier alpha value is -2.06. The van der Waals surface area contributed by atoms with Crippen LogP contribution in [0.2, 0.25) is 0 Å². The van der Waals surface area contributed by atoms with Crippen molar-refractivity contribution in [3.8, 4) is 21.7 Å². The molecule has 2 aromatic carbocycles. The molecular weight excluding hydrogens is 286 g/mol. The van der Waals surface area contributed by atoms with Crippen molar-refractivity contribution < 1.29 is 0 Å². The van der Waals surface area contributed by atoms with Gasteiger partial charge in [0, 0.05) is 17.2 Å². The van der Waals surface area contributed by atoms with Crippen molar-refractivity contribution in [3.63, 3.8) is 0 Å². The highest BCUT2D eigenvalue weighted by molar-refractivity contribution is 7.15. The molecule has 0 fully saturated rings. The van der Waals surface area contributed by atoms with Gasteiger partial charge in [0.1, 0.15) is 0 Å². The molecular formula is C20H20NS+. The second-order valence-corrected chi connectivity index (χ2v) is 7.43. The van der Waals surface area contributed by atoms with E-state index in [1.165, 1.54) is 10.4 Å². The first-order chi connectivity index (χ1) is 10.5. The van der Waals surface area contributed by atoms with Crippen LogP contribution in [0.4, 0.5) is 0 Å². The largest absolute Gasteiger partial charge is 0.305 e. The molecule has 0 amide bonds. The van der Waals surface area contributed by atoms with Gasteiger partial charge in [0.15, 0.2) is 0 Å². The lowest BCUT2D eigenvalue weighted by molar-refractivity contribution is 0.584. The number of hydrogen-bond acceptors (Lipinski definition) is 1. The molecule has 0 atom stereocenters. The summed E-state index contributed by atoms with van der Waals surface area (Å²) < 4.78 is 0. The Labute approximate surface area is 136 Å². The minimum absolute atomic E-state index is 0.0407. The Morgan fingerprint density at radius 2 is 1.32 bits per heavy atom. The average molecular weight is 306 g/mol. The van der Waals surface area contributed by atoms with Crippen LogP contribution in [0.5, 0.6) is 0 Å². The van der Waals surface area contributed by atoms with Crippen LogP contribution in [-0.2, 0) is 5.41 Å². The molecule has 1 heterocycles. The third-order valence-corrected chi connectivity index (χ3v) is 4.94. The van der Waals surface area contributed by atoms with Gasteiger partial charge in [-0.2, -0.15) is 4.98 Å². The molecule has 0 radical (unpaired) electrons. The Kier molecular flexibility index (Phi) is 4.04. The molecule has 2 heteroatoms. The molecule has 1 nitrogen and oxygen atoms in total. The van der Waals surface area contributed by atoms with E-state index in [2.05, 4.69) is 81.4 Å². The minimum atomic E-state index is 0.0407. The Bertz CT molecular complexity index is 701. The fourth-order valence-electron chi connectivity index (χ4n) is 2.24. The predicted molar refractivity (Wildman–Crippen MR) is 96.1 cm³/mol. The zero-order valence-electron chi connectivity index (χ0n) is 13.2. The fourth-order valence-corrected chi connectivity index (χ4v) is 3.33. The van der Waals surface area contributed by atoms with Gasteiger partial charge in [0.2, 0.25) is 16.2 Å². The summed E-state index contributed by atoms with van der Waals surface area (Å²) in [6.45, 7) is 6.65. The SMILES string of the molecule is CC(C)(C)c1nc(-c2ccccc2)cc(-c2ccccc2)[s+]1. The van der Waals surface area contributed by atoms with Crippen molar-refractivity contribution in [3.05, 3.63) is 71.7 Å². The first-order valence-electron chi connectivity index (χ1n) is 7.50. The van der Waals surface area contributed by atoms with Crippen molar-refractivity contribution >= 4 is 11.3 Å². The monoisotopic (exact) mass is 306 g/mol. The van der Waals surface area contributed by atoms with Crippen LogP contribution in [0.25, 0.3) is 21.7 Å². The number of aromatic nitrogens is 1. The molecule has 1 aromatic heterocycles. The van der Waals surface area contributed by atoms with Gasteiger partial charge >= 0.3 is 5.01 Å². The van der Waals surface area contributed by atoms with E-state index >= 15 is 0 Å². The molecule has 0 aliphatic carbocycles. The summed E-state index contributed by atoms with van der Waals surface area (Å²) in [7, 11) is 0. The summed E-state index contributed by atoms with van der Waals surface area (Å²) in [6.07, 6.45) is 0. The van der Waals surface area contributed by atoms with Crippen LogP contribution in [0, 0.1) is 0 Å². The molecule has 0 saturated carbocycles. The highest BCUT2D eigenvalue weighted by Gasteiger charge is 2.29. The van der Waals surface area contributed by atoms with Crippen LogP contribution in [0.1, 0.15) is 25.8 Å². The Morgan fingerprint density at radius 3 is 1.86 bits per heavy atom. The van der Waals surface area contributed by atoms with E-state index in [1.54, 1.807) is 11.3 Å². The van der Waals surface area contributed by atoms with Gasteiger partial charge in [-0.05, 0) is 32.9 Å². The maximum Gasteiger partial charge on any atom is 0.305 e. The molecule has 22 heavy (non-hydrogen) atoms. The van der Waals surface area contributed by atoms with Crippen molar-refractivity contribution in [2.24, 2.45) is 0 Å². The second-order valence-electron chi connectivity index (χ2n) is 6.39. The zero-order chi connectivity index (χ0) is 15.6. The average Bonchev–Trinajstić information content (AvgIpc) is 2.55. The lowest BCUT2D eigenvalue weighted by Crippen LogP contribution is -2.12. The second kappa shape index (κ2) is 5.98. The first kappa shape index (κ1) is 14.9. The summed E-state index contributed by atoms with van der Waals surface area (Å²) >= 11 is 1.78. The molecule has 0 aliphatic heterocycles. The topological polar surface area (TPSA) is 12.9 Å². The smallest absolute Gasteiger partial charge is 0.197 e. The van der Waals surface area contributed by atoms with Crippen LogP contribution in [0.15, 0.2) is 66.7 Å². The molecule has 0 bridgehead atoms. The Balaban J connectivity index is 2.19. The van der Waals surface area contributed by atoms with Crippen LogP contribution in [0.3, 0.4) is 0 Å². The summed E-state index contributed by atoms with van der Waals surface area (Å²) in [5.74, 6) is 0. The summed E-state index contributed by atoms with van der Waals surface area (Å²) in [5.41, 5.74) is 3.50. The van der Waals surface area contributed by atoms with Crippen molar-refractivity contribution in [2.45, 2.75) is 26.2 Å². The molecule has 0 saturated heterocycles.